The Bertz CT molecular complexity index is 461. The van der Waals surface area contributed by atoms with E-state index in [9.17, 15) is 4.39 Å². The number of likely N-dealkylation sites (tertiary alicyclic amines) is 1. The molecule has 2 aliphatic rings. The Morgan fingerprint density at radius 2 is 2.06 bits per heavy atom. The molecule has 1 aromatic rings. The summed E-state index contributed by atoms with van der Waals surface area (Å²) in [4.78, 5) is 2.30. The fourth-order valence-corrected chi connectivity index (χ4v) is 2.49. The summed E-state index contributed by atoms with van der Waals surface area (Å²) < 4.78 is 19.2. The maximum Gasteiger partial charge on any atom is 0.130 e. The second kappa shape index (κ2) is 3.84. The molecule has 0 aliphatic carbocycles. The quantitative estimate of drug-likeness (QED) is 0.683. The van der Waals surface area contributed by atoms with Gasteiger partial charge in [0.1, 0.15) is 17.2 Å². The van der Waals surface area contributed by atoms with E-state index >= 15 is 0 Å². The molecule has 3 heteroatoms. The van der Waals surface area contributed by atoms with Crippen LogP contribution in [-0.2, 0) is 0 Å². The van der Waals surface area contributed by atoms with Gasteiger partial charge in [0.2, 0.25) is 0 Å². The summed E-state index contributed by atoms with van der Waals surface area (Å²) in [6.45, 7) is 2.05. The van der Waals surface area contributed by atoms with E-state index in [0.29, 0.717) is 5.75 Å². The Morgan fingerprint density at radius 1 is 1.29 bits per heavy atom. The van der Waals surface area contributed by atoms with Crippen molar-refractivity contribution < 1.29 is 9.13 Å². The van der Waals surface area contributed by atoms with Gasteiger partial charge in [-0.05, 0) is 25.3 Å². The molecule has 0 aromatic heterocycles. The number of hydrogen-bond donors (Lipinski definition) is 0. The fraction of sp³-hybridized carbons (Fsp3) is 0.429. The molecule has 1 spiro atoms. The summed E-state index contributed by atoms with van der Waals surface area (Å²) in [6.07, 6.45) is 6.13. The summed E-state index contributed by atoms with van der Waals surface area (Å²) in [5.41, 5.74) is 0.753. The lowest BCUT2D eigenvalue weighted by molar-refractivity contribution is 0.0470. The Labute approximate surface area is 101 Å². The third-order valence-corrected chi connectivity index (χ3v) is 3.69. The number of fused-ring (bicyclic) bond motifs is 1. The van der Waals surface area contributed by atoms with Crippen LogP contribution in [0.3, 0.4) is 0 Å². The highest BCUT2D eigenvalue weighted by molar-refractivity contribution is 5.61. The summed E-state index contributed by atoms with van der Waals surface area (Å²) in [5, 5.41) is 0. The first kappa shape index (κ1) is 10.8. The van der Waals surface area contributed by atoms with Gasteiger partial charge in [0, 0.05) is 37.6 Å². The third kappa shape index (κ3) is 1.95. The highest BCUT2D eigenvalue weighted by Gasteiger charge is 2.35. The molecule has 2 nitrogen and oxygen atoms in total. The minimum absolute atomic E-state index is 0.215. The van der Waals surface area contributed by atoms with E-state index in [0.717, 1.165) is 31.5 Å². The van der Waals surface area contributed by atoms with Crippen molar-refractivity contribution in [3.63, 3.8) is 0 Å². The Balaban J connectivity index is 1.89. The van der Waals surface area contributed by atoms with Gasteiger partial charge in [0.15, 0.2) is 0 Å². The van der Waals surface area contributed by atoms with E-state index < -0.39 is 0 Å². The molecule has 2 heterocycles. The average molecular weight is 233 g/mol. The standard InChI is InChI=1S/C14H16FNO/c1-16-8-6-14(7-9-16)5-4-11-2-3-12(15)10-13(11)17-14/h2-5,10H,6-9H2,1H3. The zero-order valence-corrected chi connectivity index (χ0v) is 9.95. The van der Waals surface area contributed by atoms with Crippen molar-refractivity contribution in [1.29, 1.82) is 0 Å². The molecule has 1 saturated heterocycles. The van der Waals surface area contributed by atoms with E-state index in [-0.39, 0.29) is 11.4 Å². The highest BCUT2D eigenvalue weighted by Crippen LogP contribution is 2.36. The zero-order valence-electron chi connectivity index (χ0n) is 9.95. The Hall–Kier alpha value is -1.35. The van der Waals surface area contributed by atoms with Gasteiger partial charge in [-0.3, -0.25) is 0 Å². The zero-order chi connectivity index (χ0) is 11.9. The van der Waals surface area contributed by atoms with Crippen molar-refractivity contribution in [3.8, 4) is 5.75 Å². The monoisotopic (exact) mass is 233 g/mol. The fourth-order valence-electron chi connectivity index (χ4n) is 2.49. The van der Waals surface area contributed by atoms with Gasteiger partial charge in [0.25, 0.3) is 0 Å². The minimum Gasteiger partial charge on any atom is -0.482 e. The van der Waals surface area contributed by atoms with Crippen molar-refractivity contribution >= 4 is 6.08 Å². The number of nitrogens with zero attached hydrogens (tertiary/aromatic N) is 1. The van der Waals surface area contributed by atoms with Crippen molar-refractivity contribution in [2.45, 2.75) is 18.4 Å². The van der Waals surface area contributed by atoms with Crippen LogP contribution in [0.4, 0.5) is 4.39 Å². The van der Waals surface area contributed by atoms with E-state index in [4.69, 9.17) is 4.74 Å². The van der Waals surface area contributed by atoms with Gasteiger partial charge < -0.3 is 9.64 Å². The molecule has 90 valence electrons. The number of hydrogen-bond acceptors (Lipinski definition) is 2. The molecule has 0 bridgehead atoms. The van der Waals surface area contributed by atoms with Gasteiger partial charge in [-0.2, -0.15) is 0 Å². The lowest BCUT2D eigenvalue weighted by Gasteiger charge is -2.40. The molecule has 3 rings (SSSR count). The number of benzene rings is 1. The maximum absolute atomic E-state index is 13.2. The second-order valence-corrected chi connectivity index (χ2v) is 4.99. The Kier molecular flexibility index (Phi) is 2.44. The van der Waals surface area contributed by atoms with E-state index in [1.165, 1.54) is 12.1 Å². The summed E-state index contributed by atoms with van der Waals surface area (Å²) in [5.74, 6) is 0.444. The lowest BCUT2D eigenvalue weighted by Crippen LogP contribution is -2.46. The highest BCUT2D eigenvalue weighted by atomic mass is 19.1. The van der Waals surface area contributed by atoms with Crippen molar-refractivity contribution in [3.05, 3.63) is 35.7 Å². The number of halogens is 1. The predicted octanol–water partition coefficient (Wildman–Crippen LogP) is 2.70. The molecule has 0 N–H and O–H groups in total. The molecular weight excluding hydrogens is 217 g/mol. The minimum atomic E-state index is -0.234. The van der Waals surface area contributed by atoms with Crippen LogP contribution in [-0.4, -0.2) is 30.6 Å². The van der Waals surface area contributed by atoms with Crippen LogP contribution in [0.25, 0.3) is 6.08 Å². The second-order valence-electron chi connectivity index (χ2n) is 4.99. The largest absolute Gasteiger partial charge is 0.482 e. The van der Waals surface area contributed by atoms with Gasteiger partial charge in [0.05, 0.1) is 0 Å². The molecule has 17 heavy (non-hydrogen) atoms. The van der Waals surface area contributed by atoms with Crippen molar-refractivity contribution in [1.82, 2.24) is 4.90 Å². The lowest BCUT2D eigenvalue weighted by atomic mass is 9.88. The van der Waals surface area contributed by atoms with Crippen LogP contribution in [0.5, 0.6) is 5.75 Å². The number of piperidine rings is 1. The normalized spacial score (nSPS) is 22.2. The SMILES string of the molecule is CN1CCC2(C=Cc3ccc(F)cc3O2)CC1. The van der Waals surface area contributed by atoms with Crippen LogP contribution in [0.15, 0.2) is 24.3 Å². The molecule has 2 aliphatic heterocycles. The molecule has 0 atom stereocenters. The molecule has 0 amide bonds. The third-order valence-electron chi connectivity index (χ3n) is 3.69. The van der Waals surface area contributed by atoms with Gasteiger partial charge in [-0.1, -0.05) is 6.08 Å². The van der Waals surface area contributed by atoms with Gasteiger partial charge in [-0.25, -0.2) is 4.39 Å². The smallest absolute Gasteiger partial charge is 0.130 e. The Morgan fingerprint density at radius 3 is 2.82 bits per heavy atom. The number of ether oxygens (including phenoxy) is 1. The van der Waals surface area contributed by atoms with Crippen molar-refractivity contribution in [2.24, 2.45) is 0 Å². The first-order valence-electron chi connectivity index (χ1n) is 6.03. The van der Waals surface area contributed by atoms with Gasteiger partial charge in [-0.15, -0.1) is 0 Å². The van der Waals surface area contributed by atoms with Crippen LogP contribution in [0.1, 0.15) is 18.4 Å². The molecular formula is C14H16FNO. The van der Waals surface area contributed by atoms with E-state index in [1.54, 1.807) is 6.07 Å². The topological polar surface area (TPSA) is 12.5 Å². The molecule has 0 radical (unpaired) electrons. The van der Waals surface area contributed by atoms with Crippen LogP contribution >= 0.6 is 0 Å². The molecule has 1 aromatic carbocycles. The van der Waals surface area contributed by atoms with Crippen LogP contribution < -0.4 is 4.74 Å². The molecule has 0 unspecified atom stereocenters. The predicted molar refractivity (Wildman–Crippen MR) is 65.5 cm³/mol. The van der Waals surface area contributed by atoms with Gasteiger partial charge >= 0.3 is 0 Å². The number of rotatable bonds is 0. The summed E-state index contributed by atoms with van der Waals surface area (Å²) in [7, 11) is 2.12. The summed E-state index contributed by atoms with van der Waals surface area (Å²) in [6, 6.07) is 4.72. The van der Waals surface area contributed by atoms with E-state index in [2.05, 4.69) is 24.1 Å². The summed E-state index contributed by atoms with van der Waals surface area (Å²) >= 11 is 0. The maximum atomic E-state index is 13.2. The molecule has 0 saturated carbocycles. The van der Waals surface area contributed by atoms with Crippen LogP contribution in [0.2, 0.25) is 0 Å². The van der Waals surface area contributed by atoms with Crippen LogP contribution in [0, 0.1) is 5.82 Å². The molecule has 1 fully saturated rings. The first-order chi connectivity index (χ1) is 8.17. The first-order valence-corrected chi connectivity index (χ1v) is 6.03. The average Bonchev–Trinajstić information content (AvgIpc) is 2.33. The van der Waals surface area contributed by atoms with E-state index in [1.807, 2.05) is 0 Å². The van der Waals surface area contributed by atoms with Crippen molar-refractivity contribution in [2.75, 3.05) is 20.1 Å².